The Labute approximate surface area is 206 Å². The van der Waals surface area contributed by atoms with Gasteiger partial charge in [0.2, 0.25) is 5.91 Å². The molecular weight excluding hydrogens is 466 g/mol. The van der Waals surface area contributed by atoms with E-state index in [1.807, 2.05) is 47.0 Å². The smallest absolute Gasteiger partial charge is 0.271 e. The average molecular weight is 490 g/mol. The first kappa shape index (κ1) is 24.0. The minimum Gasteiger partial charge on any atom is -0.497 e. The molecule has 0 spiro atoms. The lowest BCUT2D eigenvalue weighted by Crippen LogP contribution is -2.15. The number of carbonyl (C=O) groups is 1. The molecule has 1 heterocycles. The maximum atomic E-state index is 12.5. The molecule has 1 amide bonds. The Kier molecular flexibility index (Phi) is 7.74. The second kappa shape index (κ2) is 11.3. The van der Waals surface area contributed by atoms with E-state index < -0.39 is 4.92 Å². The highest BCUT2D eigenvalue weighted by atomic mass is 32.2. The number of ether oxygens (including phenoxy) is 1. The summed E-state index contributed by atoms with van der Waals surface area (Å²) in [7, 11) is 1.62. The van der Waals surface area contributed by atoms with Crippen molar-refractivity contribution in [3.63, 3.8) is 0 Å². The van der Waals surface area contributed by atoms with Gasteiger partial charge in [-0.2, -0.15) is 0 Å². The Bertz CT molecular complexity index is 1310. The third kappa shape index (κ3) is 6.24. The van der Waals surface area contributed by atoms with Crippen LogP contribution in [-0.2, 0) is 17.8 Å². The van der Waals surface area contributed by atoms with E-state index in [4.69, 9.17) is 4.74 Å². The van der Waals surface area contributed by atoms with Crippen molar-refractivity contribution in [1.29, 1.82) is 0 Å². The number of nitro benzene ring substituents is 1. The largest absolute Gasteiger partial charge is 0.497 e. The number of hydrogen-bond donors (Lipinski definition) is 1. The Morgan fingerprint density at radius 3 is 2.54 bits per heavy atom. The Hall–Kier alpha value is -4.18. The van der Waals surface area contributed by atoms with E-state index >= 15 is 0 Å². The van der Waals surface area contributed by atoms with Gasteiger partial charge < -0.3 is 14.6 Å². The van der Waals surface area contributed by atoms with Crippen molar-refractivity contribution in [2.24, 2.45) is 0 Å². The average Bonchev–Trinajstić information content (AvgIpc) is 3.29. The molecule has 0 aliphatic carbocycles. The number of amides is 1. The summed E-state index contributed by atoms with van der Waals surface area (Å²) in [6.07, 6.45) is 0.773. The fraction of sp³-hybridized carbons (Fsp3) is 0.160. The topological polar surface area (TPSA) is 112 Å². The molecule has 0 saturated heterocycles. The van der Waals surface area contributed by atoms with E-state index in [1.165, 1.54) is 35.5 Å². The standard InChI is InChI=1S/C25H23N5O4S/c1-34-22-12-10-19(11-13-22)24-27-28-25(29(24)15-14-18-6-3-2-4-7-18)35-17-23(31)26-20-8-5-9-21(16-20)30(32)33/h2-13,16H,14-15,17H2,1H3,(H,26,31). The Balaban J connectivity index is 1.50. The van der Waals surface area contributed by atoms with E-state index in [1.54, 1.807) is 13.2 Å². The van der Waals surface area contributed by atoms with Crippen LogP contribution in [0.4, 0.5) is 11.4 Å². The van der Waals surface area contributed by atoms with E-state index in [9.17, 15) is 14.9 Å². The number of methoxy groups -OCH3 is 1. The Morgan fingerprint density at radius 2 is 1.83 bits per heavy atom. The molecule has 178 valence electrons. The maximum absolute atomic E-state index is 12.5. The number of aromatic nitrogens is 3. The highest BCUT2D eigenvalue weighted by Gasteiger charge is 2.16. The van der Waals surface area contributed by atoms with Gasteiger partial charge in [0.15, 0.2) is 11.0 Å². The molecule has 35 heavy (non-hydrogen) atoms. The molecule has 1 N–H and O–H groups in total. The number of nitrogens with zero attached hydrogens (tertiary/aromatic N) is 4. The first-order valence-corrected chi connectivity index (χ1v) is 11.8. The highest BCUT2D eigenvalue weighted by molar-refractivity contribution is 7.99. The van der Waals surface area contributed by atoms with Gasteiger partial charge in [0.1, 0.15) is 5.75 Å². The van der Waals surface area contributed by atoms with Crippen LogP contribution in [0.5, 0.6) is 5.75 Å². The normalized spacial score (nSPS) is 10.7. The maximum Gasteiger partial charge on any atom is 0.271 e. The van der Waals surface area contributed by atoms with Gasteiger partial charge in [-0.25, -0.2) is 0 Å². The van der Waals surface area contributed by atoms with Crippen LogP contribution in [0, 0.1) is 10.1 Å². The zero-order valence-electron chi connectivity index (χ0n) is 19.0. The van der Waals surface area contributed by atoms with Crippen LogP contribution in [0.15, 0.2) is 84.0 Å². The van der Waals surface area contributed by atoms with Crippen molar-refractivity contribution in [3.8, 4) is 17.1 Å². The molecule has 0 saturated carbocycles. The first-order valence-electron chi connectivity index (χ1n) is 10.8. The number of carbonyl (C=O) groups excluding carboxylic acids is 1. The summed E-state index contributed by atoms with van der Waals surface area (Å²) in [6, 6.07) is 23.5. The van der Waals surface area contributed by atoms with Gasteiger partial charge in [-0.1, -0.05) is 48.2 Å². The van der Waals surface area contributed by atoms with Crippen LogP contribution >= 0.6 is 11.8 Å². The lowest BCUT2D eigenvalue weighted by atomic mass is 10.1. The number of nitrogens with one attached hydrogen (secondary N) is 1. The number of non-ortho nitro benzene ring substituents is 1. The molecule has 0 aliphatic rings. The number of hydrogen-bond acceptors (Lipinski definition) is 7. The molecule has 3 aromatic carbocycles. The number of aryl methyl sites for hydroxylation is 1. The van der Waals surface area contributed by atoms with E-state index in [0.29, 0.717) is 23.2 Å². The van der Waals surface area contributed by atoms with Gasteiger partial charge in [-0.3, -0.25) is 14.9 Å². The number of benzene rings is 3. The molecule has 4 rings (SSSR count). The molecule has 0 unspecified atom stereocenters. The highest BCUT2D eigenvalue weighted by Crippen LogP contribution is 2.26. The summed E-state index contributed by atoms with van der Waals surface area (Å²) in [5.74, 6) is 1.23. The quantitative estimate of drug-likeness (QED) is 0.193. The number of rotatable bonds is 10. The minimum atomic E-state index is -0.500. The second-order valence-corrected chi connectivity index (χ2v) is 8.51. The predicted molar refractivity (Wildman–Crippen MR) is 135 cm³/mol. The monoisotopic (exact) mass is 489 g/mol. The van der Waals surface area contributed by atoms with Crippen molar-refractivity contribution >= 4 is 29.0 Å². The zero-order valence-corrected chi connectivity index (χ0v) is 19.8. The minimum absolute atomic E-state index is 0.0781. The van der Waals surface area contributed by atoms with Crippen LogP contribution in [0.3, 0.4) is 0 Å². The van der Waals surface area contributed by atoms with Gasteiger partial charge in [-0.15, -0.1) is 10.2 Å². The summed E-state index contributed by atoms with van der Waals surface area (Å²) in [4.78, 5) is 23.0. The summed E-state index contributed by atoms with van der Waals surface area (Å²) in [5.41, 5.74) is 2.36. The van der Waals surface area contributed by atoms with E-state index in [2.05, 4.69) is 27.6 Å². The van der Waals surface area contributed by atoms with E-state index in [-0.39, 0.29) is 17.3 Å². The van der Waals surface area contributed by atoms with Crippen molar-refractivity contribution in [1.82, 2.24) is 14.8 Å². The van der Waals surface area contributed by atoms with Crippen LogP contribution in [0.25, 0.3) is 11.4 Å². The summed E-state index contributed by atoms with van der Waals surface area (Å²) < 4.78 is 7.25. The van der Waals surface area contributed by atoms with Crippen molar-refractivity contribution < 1.29 is 14.5 Å². The van der Waals surface area contributed by atoms with Gasteiger partial charge in [-0.05, 0) is 42.3 Å². The first-order chi connectivity index (χ1) is 17.0. The van der Waals surface area contributed by atoms with Crippen LogP contribution in [-0.4, -0.2) is 38.5 Å². The number of anilines is 1. The molecule has 4 aromatic rings. The van der Waals surface area contributed by atoms with Crippen LogP contribution in [0.2, 0.25) is 0 Å². The third-order valence-corrected chi connectivity index (χ3v) is 6.17. The number of thioether (sulfide) groups is 1. The van der Waals surface area contributed by atoms with Crippen molar-refractivity contribution in [2.45, 2.75) is 18.1 Å². The van der Waals surface area contributed by atoms with Crippen LogP contribution < -0.4 is 10.1 Å². The fourth-order valence-electron chi connectivity index (χ4n) is 3.46. The lowest BCUT2D eigenvalue weighted by Gasteiger charge is -2.11. The fourth-order valence-corrected chi connectivity index (χ4v) is 4.23. The van der Waals surface area contributed by atoms with Crippen LogP contribution in [0.1, 0.15) is 5.56 Å². The molecule has 0 atom stereocenters. The SMILES string of the molecule is COc1ccc(-c2nnc(SCC(=O)Nc3cccc([N+](=O)[O-])c3)n2CCc2ccccc2)cc1. The number of nitro groups is 1. The molecule has 9 nitrogen and oxygen atoms in total. The van der Waals surface area contributed by atoms with Crippen molar-refractivity contribution in [2.75, 3.05) is 18.2 Å². The molecule has 0 aliphatic heterocycles. The molecular formula is C25H23N5O4S. The predicted octanol–water partition coefficient (Wildman–Crippen LogP) is 4.84. The van der Waals surface area contributed by atoms with Gasteiger partial charge >= 0.3 is 0 Å². The summed E-state index contributed by atoms with van der Waals surface area (Å²) in [6.45, 7) is 0.632. The molecule has 0 radical (unpaired) electrons. The molecule has 1 aromatic heterocycles. The summed E-state index contributed by atoms with van der Waals surface area (Å²) >= 11 is 1.26. The Morgan fingerprint density at radius 1 is 1.06 bits per heavy atom. The molecule has 0 fully saturated rings. The van der Waals surface area contributed by atoms with Gasteiger partial charge in [0, 0.05) is 29.9 Å². The zero-order chi connectivity index (χ0) is 24.6. The third-order valence-electron chi connectivity index (χ3n) is 5.21. The van der Waals surface area contributed by atoms with E-state index in [0.717, 1.165) is 17.7 Å². The second-order valence-electron chi connectivity index (χ2n) is 7.57. The van der Waals surface area contributed by atoms with Gasteiger partial charge in [0.25, 0.3) is 5.69 Å². The summed E-state index contributed by atoms with van der Waals surface area (Å²) in [5, 5.41) is 23.0. The van der Waals surface area contributed by atoms with Gasteiger partial charge in [0.05, 0.1) is 17.8 Å². The van der Waals surface area contributed by atoms with Crippen molar-refractivity contribution in [3.05, 3.63) is 94.5 Å². The lowest BCUT2D eigenvalue weighted by molar-refractivity contribution is -0.384. The molecule has 10 heteroatoms. The molecule has 0 bridgehead atoms.